The topological polar surface area (TPSA) is 330 Å². The van der Waals surface area contributed by atoms with Crippen LogP contribution in [0.1, 0.15) is 92.6 Å². The molecule has 0 spiro atoms. The van der Waals surface area contributed by atoms with Crippen LogP contribution in [0.4, 0.5) is 17.1 Å². The lowest BCUT2D eigenvalue weighted by Crippen LogP contribution is -2.44. The Labute approximate surface area is 403 Å². The van der Waals surface area contributed by atoms with Crippen LogP contribution >= 0.6 is 0 Å². The van der Waals surface area contributed by atoms with Crippen molar-refractivity contribution in [1.82, 2.24) is 45.9 Å². The number of carbonyl (C=O) groups excluding carboxylic acids is 6. The van der Waals surface area contributed by atoms with Crippen LogP contribution in [0.25, 0.3) is 0 Å². The fourth-order valence-electron chi connectivity index (χ4n) is 7.26. The van der Waals surface area contributed by atoms with Crippen molar-refractivity contribution in [1.29, 1.82) is 0 Å². The minimum Gasteiger partial charge on any atom is -0.339 e. The molecule has 0 saturated carbocycles. The van der Waals surface area contributed by atoms with Crippen LogP contribution in [0.3, 0.4) is 0 Å². The molecule has 0 bridgehead atoms. The van der Waals surface area contributed by atoms with Crippen molar-refractivity contribution < 1.29 is 28.8 Å². The Morgan fingerprint density at radius 3 is 0.900 bits per heavy atom. The average molecular weight is 950 g/mol. The van der Waals surface area contributed by atoms with E-state index in [1.165, 1.54) is 55.8 Å². The highest BCUT2D eigenvalue weighted by Gasteiger charge is 2.26. The van der Waals surface area contributed by atoms with Gasteiger partial charge in [-0.3, -0.25) is 43.7 Å². The van der Waals surface area contributed by atoms with Crippen molar-refractivity contribution in [3.05, 3.63) is 162 Å². The zero-order valence-electron chi connectivity index (χ0n) is 38.2. The highest BCUT2D eigenvalue weighted by molar-refractivity contribution is 6.02. The molecule has 3 aromatic carbocycles. The third kappa shape index (κ3) is 14.8. The van der Waals surface area contributed by atoms with E-state index in [0.717, 1.165) is 16.7 Å². The number of nitrogens with zero attached hydrogens (tertiary/aromatic N) is 6. The third-order valence-corrected chi connectivity index (χ3v) is 10.9. The van der Waals surface area contributed by atoms with Crippen LogP contribution < -0.4 is 49.1 Å². The molecule has 6 rings (SSSR count). The number of nitrogens with one attached hydrogen (secondary N) is 6. The molecule has 3 heterocycles. The first-order valence-corrected chi connectivity index (χ1v) is 22.6. The number of nitrogens with two attached hydrogens (primary N) is 3. The Morgan fingerprint density at radius 2 is 0.671 bits per heavy atom. The summed E-state index contributed by atoms with van der Waals surface area (Å²) in [6.45, 7) is 0.953. The predicted molar refractivity (Wildman–Crippen MR) is 261 cm³/mol. The Balaban J connectivity index is 1.23. The summed E-state index contributed by atoms with van der Waals surface area (Å²) in [5.41, 5.74) is 21.3. The van der Waals surface area contributed by atoms with Crippen LogP contribution in [-0.2, 0) is 14.4 Å². The maximum Gasteiger partial charge on any atom is 0.272 e. The number of aromatic nitrogens is 6. The Morgan fingerprint density at radius 1 is 0.400 bits per heavy atom. The molecule has 0 fully saturated rings. The smallest absolute Gasteiger partial charge is 0.272 e. The van der Waals surface area contributed by atoms with Crippen LogP contribution in [-0.4, -0.2) is 103 Å². The van der Waals surface area contributed by atoms with E-state index < -0.39 is 59.5 Å². The molecule has 0 radical (unpaired) electrons. The second kappa shape index (κ2) is 26.2. The van der Waals surface area contributed by atoms with Crippen LogP contribution in [0.5, 0.6) is 0 Å². The van der Waals surface area contributed by atoms with Crippen molar-refractivity contribution >= 4 is 52.5 Å². The summed E-state index contributed by atoms with van der Waals surface area (Å²) in [5, 5.41) is 16.9. The number of hydrogen-bond donors (Lipinski definition) is 9. The molecule has 0 saturated heterocycles. The monoisotopic (exact) mass is 949 g/mol. The van der Waals surface area contributed by atoms with Gasteiger partial charge in [-0.15, -0.1) is 0 Å². The van der Waals surface area contributed by atoms with Gasteiger partial charge in [-0.1, -0.05) is 36.4 Å². The van der Waals surface area contributed by atoms with Crippen molar-refractivity contribution in [3.63, 3.8) is 0 Å². The summed E-state index contributed by atoms with van der Waals surface area (Å²) in [6, 6.07) is 19.0. The Bertz CT molecular complexity index is 2360. The predicted octanol–water partition coefficient (Wildman–Crippen LogP) is 2.66. The average Bonchev–Trinajstić information content (AvgIpc) is 3.39. The van der Waals surface area contributed by atoms with E-state index >= 15 is 0 Å². The van der Waals surface area contributed by atoms with E-state index in [-0.39, 0.29) is 17.1 Å². The molecule has 0 aliphatic carbocycles. The van der Waals surface area contributed by atoms with E-state index in [1.807, 2.05) is 36.4 Å². The molecule has 362 valence electrons. The first kappa shape index (κ1) is 51.0. The number of anilines is 3. The van der Waals surface area contributed by atoms with E-state index in [2.05, 4.69) is 61.8 Å². The van der Waals surface area contributed by atoms with E-state index in [4.69, 9.17) is 17.2 Å². The lowest BCUT2D eigenvalue weighted by molar-refractivity contribution is -0.118. The zero-order valence-corrected chi connectivity index (χ0v) is 38.2. The molecule has 0 unspecified atom stereocenters. The fraction of sp³-hybridized carbons (Fsp3) is 0.265. The van der Waals surface area contributed by atoms with Gasteiger partial charge in [0.05, 0.1) is 18.6 Å². The Kier molecular flexibility index (Phi) is 19.1. The summed E-state index contributed by atoms with van der Waals surface area (Å²) >= 11 is 0. The van der Waals surface area contributed by atoms with E-state index in [0.29, 0.717) is 75.2 Å². The Hall–Kier alpha value is -8.40. The van der Waals surface area contributed by atoms with Gasteiger partial charge in [0.25, 0.3) is 17.7 Å². The van der Waals surface area contributed by atoms with Gasteiger partial charge in [0.15, 0.2) is 0 Å². The van der Waals surface area contributed by atoms with Gasteiger partial charge < -0.3 is 49.1 Å². The summed E-state index contributed by atoms with van der Waals surface area (Å²) in [5.74, 6) is -3.38. The van der Waals surface area contributed by atoms with Crippen LogP contribution in [0, 0.1) is 0 Å². The second-order valence-corrected chi connectivity index (χ2v) is 15.9. The molecular weight excluding hydrogens is 895 g/mol. The van der Waals surface area contributed by atoms with Gasteiger partial charge in [-0.25, -0.2) is 15.0 Å². The molecule has 12 N–H and O–H groups in total. The van der Waals surface area contributed by atoms with Gasteiger partial charge >= 0.3 is 0 Å². The summed E-state index contributed by atoms with van der Waals surface area (Å²) in [4.78, 5) is 103. The maximum absolute atomic E-state index is 13.6. The number of hydrogen-bond acceptors (Lipinski definition) is 15. The molecule has 3 aromatic heterocycles. The third-order valence-electron chi connectivity index (χ3n) is 10.9. The normalized spacial score (nSPS) is 12.2. The molecule has 21 nitrogen and oxygen atoms in total. The van der Waals surface area contributed by atoms with Gasteiger partial charge in [-0.2, -0.15) is 0 Å². The molecule has 6 aromatic rings. The molecule has 3 atom stereocenters. The van der Waals surface area contributed by atoms with Gasteiger partial charge in [0, 0.05) is 60.2 Å². The first-order chi connectivity index (χ1) is 34.1. The lowest BCUT2D eigenvalue weighted by atomic mass is 9.85. The van der Waals surface area contributed by atoms with Crippen molar-refractivity contribution in [2.24, 2.45) is 17.2 Å². The number of carbonyl (C=O) groups is 6. The number of benzene rings is 3. The minimum atomic E-state index is -0.903. The van der Waals surface area contributed by atoms with Gasteiger partial charge in [0.2, 0.25) is 17.7 Å². The summed E-state index contributed by atoms with van der Waals surface area (Å²) in [6.07, 6.45) is 14.7. The molecule has 70 heavy (non-hydrogen) atoms. The van der Waals surface area contributed by atoms with E-state index in [1.54, 1.807) is 36.4 Å². The summed E-state index contributed by atoms with van der Waals surface area (Å²) in [7, 11) is 0. The standard InChI is InChI=1S/C49H55N15O6/c50-19-1-4-37(62-47(68)40-28-53-22-25-56-40)44(65)59-34-13-7-31(8-14-34)43(32-9-15-35(16-10-32)60-45(66)38(5-2-20-51)63-48(69)41-29-54-23-26-57-41)33-11-17-36(18-12-33)61-46(67)39(6-3-21-52)64-49(70)42-30-55-24-27-58-42/h7-18,22-30,37-39,43H,1-6,19-21,50-52H2,(H,59,65)(H,60,66)(H,61,67)(H,62,68)(H,63,69)(H,64,70)/t37-,38-,39-/m0/s1. The highest BCUT2D eigenvalue weighted by atomic mass is 16.2. The number of rotatable bonds is 24. The first-order valence-electron chi connectivity index (χ1n) is 22.6. The molecule has 21 heteroatoms. The largest absolute Gasteiger partial charge is 0.339 e. The van der Waals surface area contributed by atoms with Gasteiger partial charge in [-0.05, 0) is 111 Å². The maximum atomic E-state index is 13.6. The fourth-order valence-corrected chi connectivity index (χ4v) is 7.26. The van der Waals surface area contributed by atoms with Crippen LogP contribution in [0.15, 0.2) is 129 Å². The quantitative estimate of drug-likeness (QED) is 0.0394. The molecule has 0 aliphatic rings. The van der Waals surface area contributed by atoms with Gasteiger partial charge in [0.1, 0.15) is 35.2 Å². The van der Waals surface area contributed by atoms with Crippen molar-refractivity contribution in [2.75, 3.05) is 35.6 Å². The van der Waals surface area contributed by atoms with E-state index in [9.17, 15) is 28.8 Å². The SMILES string of the molecule is NCCC[C@H](NC(=O)c1cnccn1)C(=O)Nc1ccc(C(c2ccc(NC(=O)[C@H](CCCN)NC(=O)c3cnccn3)cc2)c2ccc(NC(=O)[C@H](CCCN)NC(=O)c3cnccn3)cc2)cc1. The minimum absolute atomic E-state index is 0.0683. The second-order valence-electron chi connectivity index (χ2n) is 15.9. The molecule has 0 aliphatic heterocycles. The van der Waals surface area contributed by atoms with Crippen molar-refractivity contribution in [2.45, 2.75) is 62.6 Å². The summed E-state index contributed by atoms with van der Waals surface area (Å²) < 4.78 is 0. The highest BCUT2D eigenvalue weighted by Crippen LogP contribution is 2.34. The lowest BCUT2D eigenvalue weighted by Gasteiger charge is -2.22. The number of amides is 6. The molecule has 6 amide bonds. The zero-order chi connectivity index (χ0) is 49.7. The van der Waals surface area contributed by atoms with Crippen LogP contribution in [0.2, 0.25) is 0 Å². The van der Waals surface area contributed by atoms with Crippen molar-refractivity contribution in [3.8, 4) is 0 Å². The molecular formula is C49H55N15O6.